The lowest BCUT2D eigenvalue weighted by atomic mass is 10.1. The summed E-state index contributed by atoms with van der Waals surface area (Å²) in [6.07, 6.45) is 0. The number of halogens is 5. The highest BCUT2D eigenvalue weighted by molar-refractivity contribution is 7.88. The molecule has 0 radical (unpaired) electrons. The minimum Gasteiger partial charge on any atom is -0.507 e. The summed E-state index contributed by atoms with van der Waals surface area (Å²) in [5, 5.41) is 12.3. The Bertz CT molecular complexity index is 1750. The fourth-order valence-electron chi connectivity index (χ4n) is 3.55. The minimum atomic E-state index is -5.93. The molecular weight excluding hydrogens is 656 g/mol. The van der Waals surface area contributed by atoms with Crippen molar-refractivity contribution in [2.75, 3.05) is 33.8 Å². The van der Waals surface area contributed by atoms with Crippen LogP contribution in [0.15, 0.2) is 60.7 Å². The van der Waals surface area contributed by atoms with E-state index in [1.54, 1.807) is 25.3 Å². The van der Waals surface area contributed by atoms with Crippen LogP contribution in [-0.4, -0.2) is 64.7 Å². The standard InChI is InChI=1S/C14H11F3O6S.C13H12O4.CH2Cl2/c1-21-10-4-3-8-7-12(23-24(19,20)14(15,16)17)11(13(18)22-2)6-9(8)5-10;1-16-10-4-3-8-7-12(14)11(13(15)17-2)6-9(8)5-10;2-1-3/h3-7H,1-2H3;3-7,14H,1-2H3;1H2. The molecule has 0 aliphatic heterocycles. The van der Waals surface area contributed by atoms with Gasteiger partial charge in [-0.2, -0.15) is 21.6 Å². The first-order valence-corrected chi connectivity index (χ1v) is 14.4. The van der Waals surface area contributed by atoms with Gasteiger partial charge in [0.15, 0.2) is 5.75 Å². The number of fused-ring (bicyclic) bond motifs is 2. The zero-order valence-electron chi connectivity index (χ0n) is 23.4. The molecule has 238 valence electrons. The quantitative estimate of drug-likeness (QED) is 0.102. The van der Waals surface area contributed by atoms with Crippen LogP contribution in [0.25, 0.3) is 21.5 Å². The zero-order chi connectivity index (χ0) is 33.2. The van der Waals surface area contributed by atoms with Gasteiger partial charge in [0.25, 0.3) is 0 Å². The number of hydrogen-bond acceptors (Lipinski definition) is 10. The largest absolute Gasteiger partial charge is 0.534 e. The Kier molecular flexibility index (Phi) is 12.7. The molecule has 0 atom stereocenters. The Morgan fingerprint density at radius 2 is 1.16 bits per heavy atom. The van der Waals surface area contributed by atoms with Crippen LogP contribution in [0.1, 0.15) is 20.7 Å². The SMILES string of the molecule is COC(=O)c1cc2cc(OC)ccc2cc1O.COC(=O)c1cc2cc(OC)ccc2cc1OS(=O)(=O)C(F)(F)F.ClCCl. The van der Waals surface area contributed by atoms with E-state index < -0.39 is 38.9 Å². The van der Waals surface area contributed by atoms with Gasteiger partial charge in [-0.15, -0.1) is 23.2 Å². The number of phenolic OH excluding ortho intramolecular Hbond substituents is 1. The van der Waals surface area contributed by atoms with Gasteiger partial charge in [0, 0.05) is 0 Å². The molecule has 0 amide bonds. The molecule has 16 heteroatoms. The van der Waals surface area contributed by atoms with Crippen molar-refractivity contribution in [3.05, 3.63) is 71.8 Å². The van der Waals surface area contributed by atoms with E-state index in [2.05, 4.69) is 13.7 Å². The zero-order valence-corrected chi connectivity index (χ0v) is 25.7. The molecule has 4 aromatic rings. The first kappa shape index (κ1) is 36.1. The van der Waals surface area contributed by atoms with Gasteiger partial charge in [-0.25, -0.2) is 9.59 Å². The van der Waals surface area contributed by atoms with E-state index in [1.165, 1.54) is 38.5 Å². The predicted octanol–water partition coefficient (Wildman–Crippen LogP) is 6.63. The third-order valence-corrected chi connectivity index (χ3v) is 6.57. The van der Waals surface area contributed by atoms with Crippen molar-refractivity contribution >= 4 is 66.8 Å². The van der Waals surface area contributed by atoms with Gasteiger partial charge in [0.2, 0.25) is 0 Å². The van der Waals surface area contributed by atoms with E-state index in [1.807, 2.05) is 6.07 Å². The average molecular weight is 681 g/mol. The molecule has 0 spiro atoms. The summed E-state index contributed by atoms with van der Waals surface area (Å²) in [7, 11) is -0.669. The summed E-state index contributed by atoms with van der Waals surface area (Å²) in [6, 6.07) is 15.2. The number of alkyl halides is 5. The number of esters is 2. The lowest BCUT2D eigenvalue weighted by Crippen LogP contribution is -2.28. The van der Waals surface area contributed by atoms with Crippen LogP contribution >= 0.6 is 23.2 Å². The van der Waals surface area contributed by atoms with Gasteiger partial charge in [-0.1, -0.05) is 12.1 Å². The second-order valence-corrected chi connectivity index (χ2v) is 10.6. The number of carbonyl (C=O) groups is 2. The van der Waals surface area contributed by atoms with E-state index in [0.717, 1.165) is 30.0 Å². The Balaban J connectivity index is 0.000000295. The predicted molar refractivity (Wildman–Crippen MR) is 158 cm³/mol. The van der Waals surface area contributed by atoms with E-state index in [4.69, 9.17) is 32.7 Å². The van der Waals surface area contributed by atoms with Crippen LogP contribution in [0.2, 0.25) is 0 Å². The summed E-state index contributed by atoms with van der Waals surface area (Å²) in [5.41, 5.74) is -5.95. The van der Waals surface area contributed by atoms with Crippen LogP contribution in [0.4, 0.5) is 13.2 Å². The molecule has 0 saturated heterocycles. The highest BCUT2D eigenvalue weighted by Gasteiger charge is 2.49. The molecule has 4 rings (SSSR count). The Morgan fingerprint density at radius 1 is 0.727 bits per heavy atom. The third kappa shape index (κ3) is 8.94. The monoisotopic (exact) mass is 680 g/mol. The Hall–Kier alpha value is -4.14. The molecule has 44 heavy (non-hydrogen) atoms. The fourth-order valence-corrected chi connectivity index (χ4v) is 4.02. The van der Waals surface area contributed by atoms with Crippen LogP contribution in [0.3, 0.4) is 0 Å². The van der Waals surface area contributed by atoms with E-state index in [9.17, 15) is 36.3 Å². The Labute approximate surface area is 259 Å². The molecule has 0 aromatic heterocycles. The normalized spacial score (nSPS) is 10.9. The maximum atomic E-state index is 12.5. The first-order chi connectivity index (χ1) is 20.7. The molecule has 1 N–H and O–H groups in total. The van der Waals surface area contributed by atoms with Gasteiger partial charge in [-0.3, -0.25) is 0 Å². The number of ether oxygens (including phenoxy) is 4. The second-order valence-electron chi connectivity index (χ2n) is 8.21. The summed E-state index contributed by atoms with van der Waals surface area (Å²) in [4.78, 5) is 23.2. The molecule has 0 fully saturated rings. The maximum absolute atomic E-state index is 12.5. The number of hydrogen-bond donors (Lipinski definition) is 1. The highest BCUT2D eigenvalue weighted by atomic mass is 35.5. The van der Waals surface area contributed by atoms with Crippen molar-refractivity contribution < 1.29 is 59.4 Å². The maximum Gasteiger partial charge on any atom is 0.534 e. The lowest BCUT2D eigenvalue weighted by Gasteiger charge is -2.13. The van der Waals surface area contributed by atoms with E-state index in [0.29, 0.717) is 22.3 Å². The van der Waals surface area contributed by atoms with Crippen molar-refractivity contribution in [3.8, 4) is 23.0 Å². The fraction of sp³-hybridized carbons (Fsp3) is 0.214. The van der Waals surface area contributed by atoms with Crippen LogP contribution < -0.4 is 13.7 Å². The lowest BCUT2D eigenvalue weighted by molar-refractivity contribution is -0.0500. The highest BCUT2D eigenvalue weighted by Crippen LogP contribution is 2.33. The summed E-state index contributed by atoms with van der Waals surface area (Å²) >= 11 is 9.53. The summed E-state index contributed by atoms with van der Waals surface area (Å²) in [5.74, 6) is -1.35. The summed E-state index contributed by atoms with van der Waals surface area (Å²) in [6.45, 7) is 0. The molecule has 10 nitrogen and oxygen atoms in total. The van der Waals surface area contributed by atoms with Crippen molar-refractivity contribution in [3.63, 3.8) is 0 Å². The van der Waals surface area contributed by atoms with Crippen LogP contribution in [-0.2, 0) is 19.6 Å². The number of methoxy groups -OCH3 is 4. The molecule has 0 heterocycles. The molecule has 0 aliphatic rings. The number of benzene rings is 4. The first-order valence-electron chi connectivity index (χ1n) is 11.9. The van der Waals surface area contributed by atoms with E-state index >= 15 is 0 Å². The molecule has 0 bridgehead atoms. The average Bonchev–Trinajstić information content (AvgIpc) is 2.99. The van der Waals surface area contributed by atoms with Gasteiger partial charge < -0.3 is 28.2 Å². The molecule has 4 aromatic carbocycles. The van der Waals surface area contributed by atoms with Crippen molar-refractivity contribution in [1.29, 1.82) is 0 Å². The van der Waals surface area contributed by atoms with Crippen LogP contribution in [0.5, 0.6) is 23.0 Å². The van der Waals surface area contributed by atoms with Gasteiger partial charge in [-0.05, 0) is 70.1 Å². The number of carbonyl (C=O) groups excluding carboxylic acids is 2. The number of phenols is 1. The molecule has 0 saturated carbocycles. The van der Waals surface area contributed by atoms with Crippen molar-refractivity contribution in [2.24, 2.45) is 0 Å². The topological polar surface area (TPSA) is 135 Å². The summed E-state index contributed by atoms with van der Waals surface area (Å²) < 4.78 is 83.2. The number of rotatable bonds is 6. The number of aromatic hydroxyl groups is 1. The van der Waals surface area contributed by atoms with E-state index in [-0.39, 0.29) is 16.7 Å². The van der Waals surface area contributed by atoms with Crippen molar-refractivity contribution in [2.45, 2.75) is 5.51 Å². The Morgan fingerprint density at radius 3 is 1.59 bits per heavy atom. The molecule has 0 unspecified atom stereocenters. The van der Waals surface area contributed by atoms with Crippen molar-refractivity contribution in [1.82, 2.24) is 0 Å². The van der Waals surface area contributed by atoms with Gasteiger partial charge in [0.05, 0.1) is 33.8 Å². The smallest absolute Gasteiger partial charge is 0.507 e. The minimum absolute atomic E-state index is 0.0884. The molecule has 0 aliphatic carbocycles. The van der Waals surface area contributed by atoms with Gasteiger partial charge >= 0.3 is 27.6 Å². The van der Waals surface area contributed by atoms with Crippen LogP contribution in [0, 0.1) is 0 Å². The molecular formula is C28H25Cl2F3O10S. The third-order valence-electron chi connectivity index (χ3n) is 5.60. The van der Waals surface area contributed by atoms with Gasteiger partial charge in [0.1, 0.15) is 28.4 Å². The second kappa shape index (κ2) is 15.5.